The summed E-state index contributed by atoms with van der Waals surface area (Å²) in [4.78, 5) is 35.1. The molecular weight excluding hydrogens is 412 g/mol. The van der Waals surface area contributed by atoms with Crippen LogP contribution in [0, 0.1) is 0 Å². The Bertz CT molecular complexity index is 1250. The van der Waals surface area contributed by atoms with E-state index in [9.17, 15) is 22.8 Å². The zero-order valence-corrected chi connectivity index (χ0v) is 17.2. The number of carbonyl (C=O) groups is 2. The van der Waals surface area contributed by atoms with E-state index in [1.165, 1.54) is 49.4 Å². The van der Waals surface area contributed by atoms with Crippen LogP contribution in [0.2, 0.25) is 0 Å². The van der Waals surface area contributed by atoms with Crippen molar-refractivity contribution in [1.82, 2.24) is 4.57 Å². The lowest BCUT2D eigenvalue weighted by Crippen LogP contribution is -2.21. The van der Waals surface area contributed by atoms with Gasteiger partial charge in [-0.3, -0.25) is 18.9 Å². The maximum atomic E-state index is 12.7. The predicted molar refractivity (Wildman–Crippen MR) is 109 cm³/mol. The molecule has 3 aromatic rings. The van der Waals surface area contributed by atoms with Gasteiger partial charge in [-0.2, -0.15) is 0 Å². The second-order valence-corrected chi connectivity index (χ2v) is 8.23. The van der Waals surface area contributed by atoms with Crippen molar-refractivity contribution >= 4 is 38.6 Å². The third-order valence-electron chi connectivity index (χ3n) is 4.25. The number of Topliss-reactive ketones (excluding diaryl/α,β-unsaturated/α-hetero) is 1. The number of ketones is 1. The van der Waals surface area contributed by atoms with Gasteiger partial charge >= 0.3 is 11.7 Å². The molecule has 1 N–H and O–H groups in total. The summed E-state index contributed by atoms with van der Waals surface area (Å²) in [5.41, 5.74) is 1.04. The fraction of sp³-hybridized carbons (Fsp3) is 0.250. The van der Waals surface area contributed by atoms with Gasteiger partial charge in [-0.1, -0.05) is 6.92 Å². The Balaban J connectivity index is 1.86. The molecule has 1 heterocycles. The predicted octanol–water partition coefficient (Wildman–Crippen LogP) is 2.55. The molecule has 2 aromatic carbocycles. The molecule has 0 spiro atoms. The van der Waals surface area contributed by atoms with Gasteiger partial charge in [-0.05, 0) is 49.7 Å². The molecule has 0 amide bonds. The quantitative estimate of drug-likeness (QED) is 0.428. The molecule has 1 aromatic heterocycles. The Kier molecular flexibility index (Phi) is 6.06. The number of oxazole rings is 1. The average Bonchev–Trinajstić information content (AvgIpc) is 3.01. The van der Waals surface area contributed by atoms with Crippen molar-refractivity contribution < 1.29 is 27.2 Å². The summed E-state index contributed by atoms with van der Waals surface area (Å²) in [7, 11) is -3.97. The van der Waals surface area contributed by atoms with Gasteiger partial charge in [-0.25, -0.2) is 13.2 Å². The van der Waals surface area contributed by atoms with Crippen molar-refractivity contribution in [3.63, 3.8) is 0 Å². The number of anilines is 1. The van der Waals surface area contributed by atoms with Crippen LogP contribution in [0.5, 0.6) is 0 Å². The molecule has 0 aliphatic heterocycles. The van der Waals surface area contributed by atoms with E-state index in [0.717, 1.165) is 4.57 Å². The largest absolute Gasteiger partial charge is 0.464 e. The van der Waals surface area contributed by atoms with Gasteiger partial charge < -0.3 is 9.15 Å². The summed E-state index contributed by atoms with van der Waals surface area (Å²) >= 11 is 0. The second-order valence-electron chi connectivity index (χ2n) is 6.54. The molecule has 0 unspecified atom stereocenters. The fourth-order valence-corrected chi connectivity index (χ4v) is 3.81. The van der Waals surface area contributed by atoms with E-state index in [4.69, 9.17) is 9.15 Å². The fourth-order valence-electron chi connectivity index (χ4n) is 2.74. The molecular formula is C20H20N2O7S. The van der Waals surface area contributed by atoms with E-state index in [2.05, 4.69) is 4.72 Å². The normalized spacial score (nSPS) is 11.4. The number of hydrogen-bond acceptors (Lipinski definition) is 7. The minimum absolute atomic E-state index is 0.0260. The Morgan fingerprint density at radius 3 is 2.47 bits per heavy atom. The van der Waals surface area contributed by atoms with E-state index in [-0.39, 0.29) is 40.6 Å². The minimum atomic E-state index is -3.97. The number of esters is 1. The Hall–Kier alpha value is -3.40. The van der Waals surface area contributed by atoms with Crippen molar-refractivity contribution in [3.05, 3.63) is 58.6 Å². The van der Waals surface area contributed by atoms with Crippen molar-refractivity contribution in [2.75, 3.05) is 11.3 Å². The van der Waals surface area contributed by atoms with E-state index in [0.29, 0.717) is 12.0 Å². The van der Waals surface area contributed by atoms with Crippen molar-refractivity contribution in [3.8, 4) is 0 Å². The van der Waals surface area contributed by atoms with Crippen LogP contribution in [0.3, 0.4) is 0 Å². The van der Waals surface area contributed by atoms with Crippen LogP contribution in [0.4, 0.5) is 5.69 Å². The molecule has 0 atom stereocenters. The highest BCUT2D eigenvalue weighted by Gasteiger charge is 2.19. The van der Waals surface area contributed by atoms with Gasteiger partial charge in [0, 0.05) is 17.3 Å². The number of nitrogens with zero attached hydrogens (tertiary/aromatic N) is 1. The van der Waals surface area contributed by atoms with E-state index >= 15 is 0 Å². The van der Waals surface area contributed by atoms with E-state index in [1.54, 1.807) is 0 Å². The van der Waals surface area contributed by atoms with Crippen molar-refractivity contribution in [1.29, 1.82) is 0 Å². The Labute approximate surface area is 172 Å². The highest BCUT2D eigenvalue weighted by Crippen LogP contribution is 2.21. The molecule has 0 radical (unpaired) electrons. The molecule has 158 valence electrons. The van der Waals surface area contributed by atoms with E-state index in [1.807, 2.05) is 6.92 Å². The molecule has 0 bridgehead atoms. The highest BCUT2D eigenvalue weighted by molar-refractivity contribution is 7.92. The van der Waals surface area contributed by atoms with Crippen LogP contribution in [0.1, 0.15) is 30.6 Å². The number of carbonyl (C=O) groups excluding carboxylic acids is 2. The van der Waals surface area contributed by atoms with Gasteiger partial charge in [0.1, 0.15) is 6.54 Å². The molecule has 0 saturated carbocycles. The zero-order valence-electron chi connectivity index (χ0n) is 16.4. The summed E-state index contributed by atoms with van der Waals surface area (Å²) in [5, 5.41) is 0. The highest BCUT2D eigenvalue weighted by atomic mass is 32.2. The lowest BCUT2D eigenvalue weighted by atomic mass is 10.1. The summed E-state index contributed by atoms with van der Waals surface area (Å²) in [6.45, 7) is 3.17. The van der Waals surface area contributed by atoms with Crippen LogP contribution >= 0.6 is 0 Å². The topological polar surface area (TPSA) is 125 Å². The number of rotatable bonds is 8. The Morgan fingerprint density at radius 1 is 1.13 bits per heavy atom. The average molecular weight is 432 g/mol. The van der Waals surface area contributed by atoms with Crippen LogP contribution in [0.15, 0.2) is 56.6 Å². The number of fused-ring (bicyclic) bond motifs is 1. The van der Waals surface area contributed by atoms with Gasteiger partial charge in [0.15, 0.2) is 11.4 Å². The van der Waals surface area contributed by atoms with Gasteiger partial charge in [0.25, 0.3) is 10.0 Å². The summed E-state index contributed by atoms with van der Waals surface area (Å²) in [5.74, 6) is -1.51. The van der Waals surface area contributed by atoms with Gasteiger partial charge in [0.05, 0.1) is 17.0 Å². The van der Waals surface area contributed by atoms with Crippen LogP contribution in [0.25, 0.3) is 11.1 Å². The number of hydrogen-bond donors (Lipinski definition) is 1. The maximum Gasteiger partial charge on any atom is 0.420 e. The lowest BCUT2D eigenvalue weighted by molar-refractivity contribution is -0.144. The summed E-state index contributed by atoms with van der Waals surface area (Å²) in [6.07, 6.45) is 0.651. The molecule has 0 fully saturated rings. The number of nitrogens with one attached hydrogen (secondary N) is 1. The summed E-state index contributed by atoms with van der Waals surface area (Å²) < 4.78 is 38.9. The Morgan fingerprint density at radius 2 is 1.83 bits per heavy atom. The molecule has 30 heavy (non-hydrogen) atoms. The third kappa shape index (κ3) is 4.60. The van der Waals surface area contributed by atoms with Crippen molar-refractivity contribution in [2.24, 2.45) is 0 Å². The molecule has 10 heteroatoms. The van der Waals surface area contributed by atoms with Crippen LogP contribution < -0.4 is 10.5 Å². The molecule has 3 rings (SSSR count). The second kappa shape index (κ2) is 8.54. The van der Waals surface area contributed by atoms with Crippen LogP contribution in [-0.2, 0) is 26.1 Å². The molecule has 0 aliphatic carbocycles. The number of benzene rings is 2. The first-order valence-corrected chi connectivity index (χ1v) is 10.6. The van der Waals surface area contributed by atoms with Crippen molar-refractivity contribution in [2.45, 2.75) is 31.7 Å². The molecule has 9 nitrogen and oxygen atoms in total. The lowest BCUT2D eigenvalue weighted by Gasteiger charge is -2.09. The van der Waals surface area contributed by atoms with E-state index < -0.39 is 21.7 Å². The SMILES string of the molecule is CCCOC(=O)Cn1c(=O)oc2cc(S(=O)(=O)Nc3ccc(C(C)=O)cc3)ccc21. The molecule has 0 saturated heterocycles. The standard InChI is InChI=1S/C20H20N2O7S/c1-3-10-28-19(24)12-22-17-9-8-16(11-18(17)29-20(22)25)30(26,27)21-15-6-4-14(5-7-15)13(2)23/h4-9,11,21H,3,10,12H2,1-2H3. The third-order valence-corrected chi connectivity index (χ3v) is 5.63. The zero-order chi connectivity index (χ0) is 21.9. The first-order valence-electron chi connectivity index (χ1n) is 9.14. The number of sulfonamides is 1. The first-order chi connectivity index (χ1) is 14.2. The number of aromatic nitrogens is 1. The monoisotopic (exact) mass is 432 g/mol. The van der Waals surface area contributed by atoms with Crippen LogP contribution in [-0.4, -0.2) is 31.3 Å². The van der Waals surface area contributed by atoms with Gasteiger partial charge in [-0.15, -0.1) is 0 Å². The summed E-state index contributed by atoms with van der Waals surface area (Å²) in [6, 6.07) is 9.88. The van der Waals surface area contributed by atoms with Gasteiger partial charge in [0.2, 0.25) is 0 Å². The minimum Gasteiger partial charge on any atom is -0.464 e. The number of ether oxygens (including phenoxy) is 1. The maximum absolute atomic E-state index is 12.7. The smallest absolute Gasteiger partial charge is 0.420 e. The first kappa shape index (κ1) is 21.3. The molecule has 0 aliphatic rings.